The van der Waals surface area contributed by atoms with Gasteiger partial charge in [-0.25, -0.2) is 0 Å². The number of aryl methyl sites for hydroxylation is 1. The largest absolute Gasteiger partial charge is 0.673 e. The first-order chi connectivity index (χ1) is 8.06. The lowest BCUT2D eigenvalue weighted by atomic mass is 10.2. The number of nitro groups is 1. The number of diazo groups is 1. The van der Waals surface area contributed by atoms with Crippen molar-refractivity contribution in [2.24, 2.45) is 0 Å². The minimum absolute atomic E-state index is 0.0364. The molecule has 0 aliphatic heterocycles. The Morgan fingerprint density at radius 1 is 1.39 bits per heavy atom. The normalized spacial score (nSPS) is 10.1. The molecule has 5 nitrogen and oxygen atoms in total. The van der Waals surface area contributed by atoms with Gasteiger partial charge in [0, 0.05) is 16.6 Å². The van der Waals surface area contributed by atoms with Gasteiger partial charge in [0.05, 0.1) is 4.92 Å². The third kappa shape index (κ3) is 6.14. The van der Waals surface area contributed by atoms with E-state index in [2.05, 4.69) is 20.9 Å². The van der Waals surface area contributed by atoms with Crippen molar-refractivity contribution in [3.05, 3.63) is 37.3 Å². The molecule has 11 heteroatoms. The number of halogens is 5. The molecular weight excluding hydrogens is 325 g/mol. The second kappa shape index (κ2) is 6.30. The maximum Gasteiger partial charge on any atom is 0.673 e. The summed E-state index contributed by atoms with van der Waals surface area (Å²) < 4.78 is 39.6. The number of nitro benzene ring substituents is 1. The van der Waals surface area contributed by atoms with Crippen LogP contribution in [0.5, 0.6) is 0 Å². The monoisotopic (exact) mass is 329 g/mol. The van der Waals surface area contributed by atoms with E-state index in [0.717, 1.165) is 5.56 Å². The predicted molar refractivity (Wildman–Crippen MR) is 60.5 cm³/mol. The molecule has 0 aliphatic carbocycles. The van der Waals surface area contributed by atoms with Crippen LogP contribution in [0.3, 0.4) is 0 Å². The Labute approximate surface area is 107 Å². The van der Waals surface area contributed by atoms with Gasteiger partial charge < -0.3 is 17.3 Å². The Morgan fingerprint density at radius 2 is 1.83 bits per heavy atom. The van der Waals surface area contributed by atoms with Gasteiger partial charge in [0.1, 0.15) is 0 Å². The average molecular weight is 330 g/mol. The first-order valence-corrected chi connectivity index (χ1v) is 5.02. The van der Waals surface area contributed by atoms with Gasteiger partial charge >= 0.3 is 18.6 Å². The lowest BCUT2D eigenvalue weighted by Crippen LogP contribution is -2.02. The molecule has 1 aromatic rings. The maximum atomic E-state index is 10.5. The van der Waals surface area contributed by atoms with Crippen molar-refractivity contribution >= 4 is 34.6 Å². The molecule has 1 rings (SSSR count). The van der Waals surface area contributed by atoms with E-state index < -0.39 is 12.2 Å². The number of hydrogen-bond donors (Lipinski definition) is 0. The van der Waals surface area contributed by atoms with E-state index in [1.807, 2.05) is 0 Å². The number of rotatable bonds is 1. The lowest BCUT2D eigenvalue weighted by molar-refractivity contribution is -0.383. The van der Waals surface area contributed by atoms with E-state index in [1.54, 1.807) is 6.92 Å². The molecule has 98 valence electrons. The second-order valence-electron chi connectivity index (χ2n) is 2.94. The maximum absolute atomic E-state index is 10.5. The Bertz CT molecular complexity index is 497. The number of nitrogens with zero attached hydrogens (tertiary/aromatic N) is 3. The number of benzene rings is 1. The Balaban J connectivity index is 0.000000494. The minimum Gasteiger partial charge on any atom is -0.418 e. The lowest BCUT2D eigenvalue weighted by Gasteiger charge is -1.94. The van der Waals surface area contributed by atoms with Crippen LogP contribution < -0.4 is 0 Å². The minimum atomic E-state index is -6.00. The summed E-state index contributed by atoms with van der Waals surface area (Å²) in [6, 6.07) is 2.74. The van der Waals surface area contributed by atoms with Crippen LogP contribution in [-0.2, 0) is 0 Å². The molecular formula is C7H5BBrF4N3O2. The highest BCUT2D eigenvalue weighted by Gasteiger charge is 2.25. The highest BCUT2D eigenvalue weighted by atomic mass is 79.9. The summed E-state index contributed by atoms with van der Waals surface area (Å²) in [6.07, 6.45) is 0. The summed E-state index contributed by atoms with van der Waals surface area (Å²) in [7, 11) is -6.00. The van der Waals surface area contributed by atoms with Crippen LogP contribution >= 0.6 is 15.9 Å². The quantitative estimate of drug-likeness (QED) is 0.251. The molecule has 0 saturated heterocycles. The topological polar surface area (TPSA) is 71.3 Å². The summed E-state index contributed by atoms with van der Waals surface area (Å²) in [5, 5.41) is 18.9. The van der Waals surface area contributed by atoms with Crippen molar-refractivity contribution in [1.29, 1.82) is 5.39 Å². The zero-order valence-electron chi connectivity index (χ0n) is 8.78. The zero-order valence-corrected chi connectivity index (χ0v) is 10.4. The van der Waals surface area contributed by atoms with Crippen molar-refractivity contribution in [3.8, 4) is 0 Å². The molecule has 1 aromatic carbocycles. The first-order valence-electron chi connectivity index (χ1n) is 4.23. The van der Waals surface area contributed by atoms with E-state index in [-0.39, 0.29) is 11.4 Å². The third-order valence-corrected chi connectivity index (χ3v) is 2.41. The molecule has 0 radical (unpaired) electrons. The van der Waals surface area contributed by atoms with Crippen molar-refractivity contribution < 1.29 is 22.2 Å². The van der Waals surface area contributed by atoms with Crippen LogP contribution in [0.4, 0.5) is 28.6 Å². The SMILES string of the molecule is Cc1cc([N+]#N)c([N+](=O)[O-])cc1Br.F[B-](F)(F)F. The Morgan fingerprint density at radius 3 is 2.17 bits per heavy atom. The summed E-state index contributed by atoms with van der Waals surface area (Å²) in [5.41, 5.74) is 0.518. The van der Waals surface area contributed by atoms with Crippen molar-refractivity contribution in [2.45, 2.75) is 6.92 Å². The molecule has 0 bridgehead atoms. The molecule has 0 unspecified atom stereocenters. The van der Waals surface area contributed by atoms with Crippen molar-refractivity contribution in [1.82, 2.24) is 0 Å². The second-order valence-corrected chi connectivity index (χ2v) is 3.80. The molecule has 0 aromatic heterocycles. The highest BCUT2D eigenvalue weighted by molar-refractivity contribution is 9.10. The van der Waals surface area contributed by atoms with Gasteiger partial charge in [-0.05, 0) is 12.5 Å². The fourth-order valence-electron chi connectivity index (χ4n) is 0.882. The summed E-state index contributed by atoms with van der Waals surface area (Å²) in [5.74, 6) is 0. The van der Waals surface area contributed by atoms with Crippen molar-refractivity contribution in [2.75, 3.05) is 0 Å². The molecule has 0 fully saturated rings. The van der Waals surface area contributed by atoms with Crippen LogP contribution in [-0.4, -0.2) is 12.2 Å². The van der Waals surface area contributed by atoms with E-state index >= 15 is 0 Å². The van der Waals surface area contributed by atoms with Gasteiger partial charge in [-0.2, -0.15) is 0 Å². The third-order valence-electron chi connectivity index (χ3n) is 1.56. The summed E-state index contributed by atoms with van der Waals surface area (Å²) in [6.45, 7) is 1.75. The van der Waals surface area contributed by atoms with Gasteiger partial charge in [0.25, 0.3) is 0 Å². The fraction of sp³-hybridized carbons (Fsp3) is 0.143. The number of hydrogen-bond acceptors (Lipinski definition) is 3. The van der Waals surface area contributed by atoms with Crippen LogP contribution in [0.2, 0.25) is 0 Å². The van der Waals surface area contributed by atoms with Crippen LogP contribution in [0.15, 0.2) is 16.6 Å². The molecule has 0 N–H and O–H groups in total. The van der Waals surface area contributed by atoms with Gasteiger partial charge in [0.2, 0.25) is 5.39 Å². The van der Waals surface area contributed by atoms with Gasteiger partial charge in [-0.15, -0.1) is 0 Å². The molecule has 18 heavy (non-hydrogen) atoms. The Kier molecular flexibility index (Phi) is 5.70. The molecule has 0 amide bonds. The van der Waals surface area contributed by atoms with Crippen LogP contribution in [0.1, 0.15) is 5.56 Å². The van der Waals surface area contributed by atoms with Gasteiger partial charge in [-0.1, -0.05) is 15.9 Å². The average Bonchev–Trinajstić information content (AvgIpc) is 2.18. The smallest absolute Gasteiger partial charge is 0.418 e. The van der Waals surface area contributed by atoms with Gasteiger partial charge in [-0.3, -0.25) is 10.1 Å². The van der Waals surface area contributed by atoms with Gasteiger partial charge in [0.15, 0.2) is 4.98 Å². The highest BCUT2D eigenvalue weighted by Crippen LogP contribution is 2.32. The van der Waals surface area contributed by atoms with E-state index in [1.165, 1.54) is 12.1 Å². The van der Waals surface area contributed by atoms with E-state index in [0.29, 0.717) is 4.47 Å². The molecule has 0 atom stereocenters. The Hall–Kier alpha value is -1.70. The van der Waals surface area contributed by atoms with E-state index in [4.69, 9.17) is 5.39 Å². The predicted octanol–water partition coefficient (Wildman–Crippen LogP) is 4.45. The summed E-state index contributed by atoms with van der Waals surface area (Å²) in [4.78, 5) is 12.7. The van der Waals surface area contributed by atoms with E-state index in [9.17, 15) is 27.4 Å². The molecule has 0 heterocycles. The molecule has 0 aliphatic rings. The molecule has 0 spiro atoms. The molecule has 0 saturated carbocycles. The first kappa shape index (κ1) is 16.3. The fourth-order valence-corrected chi connectivity index (χ4v) is 1.21. The summed E-state index contributed by atoms with van der Waals surface area (Å²) >= 11 is 3.15. The standard InChI is InChI=1S/C7H5BrN3O2.BF4/c1-4-2-6(10-9)7(11(12)13)3-5(4)8;2-1(3,4)5/h2-3H,1H3;/q+1;-1. The van der Waals surface area contributed by atoms with Crippen LogP contribution in [0, 0.1) is 22.4 Å². The van der Waals surface area contributed by atoms with Crippen molar-refractivity contribution in [3.63, 3.8) is 0 Å². The van der Waals surface area contributed by atoms with Crippen LogP contribution in [0.25, 0.3) is 4.98 Å². The zero-order chi connectivity index (χ0) is 14.5.